The van der Waals surface area contributed by atoms with Crippen LogP contribution in [0.1, 0.15) is 15.9 Å². The minimum absolute atomic E-state index is 0.0297. The fourth-order valence-corrected chi connectivity index (χ4v) is 1.67. The van der Waals surface area contributed by atoms with Gasteiger partial charge < -0.3 is 5.32 Å². The number of hydrogen-bond donors (Lipinski definition) is 2. The molecule has 1 aromatic carbocycles. The lowest BCUT2D eigenvalue weighted by Gasteiger charge is -2.04. The largest absolute Gasteiger partial charge is 0.348 e. The van der Waals surface area contributed by atoms with Crippen LogP contribution in [-0.2, 0) is 6.54 Å². The summed E-state index contributed by atoms with van der Waals surface area (Å²) >= 11 is 5.68. The van der Waals surface area contributed by atoms with Crippen molar-refractivity contribution in [3.8, 4) is 0 Å². The molecule has 0 aliphatic rings. The number of amides is 1. The van der Waals surface area contributed by atoms with Crippen LogP contribution in [0.2, 0.25) is 5.02 Å². The van der Waals surface area contributed by atoms with Gasteiger partial charge in [-0.2, -0.15) is 5.10 Å². The van der Waals surface area contributed by atoms with Crippen molar-refractivity contribution in [2.24, 2.45) is 0 Å². The highest BCUT2D eigenvalue weighted by molar-refractivity contribution is 6.31. The van der Waals surface area contributed by atoms with Crippen LogP contribution in [0, 0.1) is 10.1 Å². The van der Waals surface area contributed by atoms with Crippen molar-refractivity contribution >= 4 is 23.2 Å². The van der Waals surface area contributed by atoms with Crippen LogP contribution in [0.4, 0.5) is 5.69 Å². The van der Waals surface area contributed by atoms with Gasteiger partial charge >= 0.3 is 0 Å². The van der Waals surface area contributed by atoms with E-state index < -0.39 is 10.8 Å². The van der Waals surface area contributed by atoms with Gasteiger partial charge in [-0.1, -0.05) is 11.6 Å². The van der Waals surface area contributed by atoms with Gasteiger partial charge in [0.1, 0.15) is 5.56 Å². The topological polar surface area (TPSA) is 101 Å². The predicted molar refractivity (Wildman–Crippen MR) is 67.9 cm³/mol. The first-order chi connectivity index (χ1) is 9.08. The Balaban J connectivity index is 2.16. The SMILES string of the molecule is O=C(NCc1cn[nH]c1)c1ccc(Cl)cc1[N+](=O)[O-]. The van der Waals surface area contributed by atoms with Gasteiger partial charge in [-0.15, -0.1) is 0 Å². The second-order valence-electron chi connectivity index (χ2n) is 3.71. The number of nitrogens with one attached hydrogen (secondary N) is 2. The fourth-order valence-electron chi connectivity index (χ4n) is 1.50. The number of carbonyl (C=O) groups excluding carboxylic acids is 1. The molecule has 1 amide bonds. The predicted octanol–water partition coefficient (Wildman–Crippen LogP) is 1.90. The highest BCUT2D eigenvalue weighted by Crippen LogP contribution is 2.23. The number of hydrogen-bond acceptors (Lipinski definition) is 4. The number of nitro benzene ring substituents is 1. The maximum atomic E-state index is 11.9. The normalized spacial score (nSPS) is 10.2. The molecule has 2 N–H and O–H groups in total. The van der Waals surface area contributed by atoms with Crippen LogP contribution >= 0.6 is 11.6 Å². The number of carbonyl (C=O) groups is 1. The summed E-state index contributed by atoms with van der Waals surface area (Å²) in [7, 11) is 0. The third-order valence-corrected chi connectivity index (χ3v) is 2.64. The summed E-state index contributed by atoms with van der Waals surface area (Å²) in [5.41, 5.74) is 0.417. The van der Waals surface area contributed by atoms with Gasteiger partial charge in [0.15, 0.2) is 0 Å². The molecule has 19 heavy (non-hydrogen) atoms. The molecule has 0 radical (unpaired) electrons. The lowest BCUT2D eigenvalue weighted by molar-refractivity contribution is -0.385. The van der Waals surface area contributed by atoms with Crippen molar-refractivity contribution in [1.82, 2.24) is 15.5 Å². The standard InChI is InChI=1S/C11H9ClN4O3/c12-8-1-2-9(10(3-8)16(18)19)11(17)13-4-7-5-14-15-6-7/h1-3,5-6H,4H2,(H,13,17)(H,14,15). The van der Waals surface area contributed by atoms with Gasteiger partial charge in [-0.3, -0.25) is 20.0 Å². The van der Waals surface area contributed by atoms with Crippen LogP contribution in [0.15, 0.2) is 30.6 Å². The Bertz CT molecular complexity index is 612. The van der Waals surface area contributed by atoms with Gasteiger partial charge in [-0.05, 0) is 12.1 Å². The third-order valence-electron chi connectivity index (χ3n) is 2.41. The monoisotopic (exact) mass is 280 g/mol. The first-order valence-corrected chi connectivity index (χ1v) is 5.65. The quantitative estimate of drug-likeness (QED) is 0.659. The summed E-state index contributed by atoms with van der Waals surface area (Å²) in [6.45, 7) is 0.231. The lowest BCUT2D eigenvalue weighted by atomic mass is 10.1. The van der Waals surface area contributed by atoms with E-state index in [0.29, 0.717) is 0 Å². The number of halogens is 1. The molecule has 98 valence electrons. The molecule has 0 saturated heterocycles. The van der Waals surface area contributed by atoms with Crippen molar-refractivity contribution in [2.75, 3.05) is 0 Å². The van der Waals surface area contributed by atoms with E-state index in [-0.39, 0.29) is 22.8 Å². The molecule has 0 bridgehead atoms. The second-order valence-corrected chi connectivity index (χ2v) is 4.14. The molecule has 2 aromatic rings. The van der Waals surface area contributed by atoms with Crippen molar-refractivity contribution in [2.45, 2.75) is 6.54 Å². The molecule has 0 atom stereocenters. The fraction of sp³-hybridized carbons (Fsp3) is 0.0909. The molecule has 7 nitrogen and oxygen atoms in total. The zero-order valence-electron chi connectivity index (χ0n) is 9.59. The highest BCUT2D eigenvalue weighted by Gasteiger charge is 2.20. The van der Waals surface area contributed by atoms with Gasteiger partial charge in [0.25, 0.3) is 11.6 Å². The first-order valence-electron chi connectivity index (χ1n) is 5.27. The average Bonchev–Trinajstić information content (AvgIpc) is 2.88. The number of nitro groups is 1. The van der Waals surface area contributed by atoms with E-state index in [9.17, 15) is 14.9 Å². The number of nitrogens with zero attached hydrogens (tertiary/aromatic N) is 2. The second kappa shape index (κ2) is 5.49. The third kappa shape index (κ3) is 3.08. The number of aromatic amines is 1. The Labute approximate surface area is 112 Å². The van der Waals surface area contributed by atoms with Crippen molar-refractivity contribution in [3.05, 3.63) is 56.9 Å². The van der Waals surface area contributed by atoms with Crippen LogP contribution in [0.3, 0.4) is 0 Å². The lowest BCUT2D eigenvalue weighted by Crippen LogP contribution is -2.23. The summed E-state index contributed by atoms with van der Waals surface area (Å²) in [5, 5.41) is 20.0. The molecule has 1 aromatic heterocycles. The minimum Gasteiger partial charge on any atom is -0.348 e. The van der Waals surface area contributed by atoms with Crippen molar-refractivity contribution in [3.63, 3.8) is 0 Å². The Morgan fingerprint density at radius 1 is 1.53 bits per heavy atom. The van der Waals surface area contributed by atoms with Gasteiger partial charge in [0, 0.05) is 29.4 Å². The Kier molecular flexibility index (Phi) is 3.76. The van der Waals surface area contributed by atoms with Crippen LogP contribution in [0.25, 0.3) is 0 Å². The van der Waals surface area contributed by atoms with Gasteiger partial charge in [0.05, 0.1) is 11.1 Å². The summed E-state index contributed by atoms with van der Waals surface area (Å²) in [5.74, 6) is -0.537. The zero-order valence-corrected chi connectivity index (χ0v) is 10.3. The molecule has 8 heteroatoms. The van der Waals surface area contributed by atoms with Gasteiger partial charge in [-0.25, -0.2) is 0 Å². The summed E-state index contributed by atoms with van der Waals surface area (Å²) in [4.78, 5) is 22.1. The highest BCUT2D eigenvalue weighted by atomic mass is 35.5. The van der Waals surface area contributed by atoms with E-state index in [1.54, 1.807) is 12.4 Å². The van der Waals surface area contributed by atoms with E-state index in [0.717, 1.165) is 11.6 Å². The number of benzene rings is 1. The minimum atomic E-state index is -0.640. The zero-order chi connectivity index (χ0) is 13.8. The summed E-state index contributed by atoms with van der Waals surface area (Å²) in [6.07, 6.45) is 3.17. The van der Waals surface area contributed by atoms with Crippen LogP contribution < -0.4 is 5.32 Å². The molecule has 0 spiro atoms. The average molecular weight is 281 g/mol. The number of H-pyrrole nitrogens is 1. The summed E-state index contributed by atoms with van der Waals surface area (Å²) in [6, 6.07) is 3.90. The maximum Gasteiger partial charge on any atom is 0.283 e. The number of aromatic nitrogens is 2. The molecular formula is C11H9ClN4O3. The molecular weight excluding hydrogens is 272 g/mol. The molecule has 1 heterocycles. The molecule has 0 aliphatic heterocycles. The Hall–Kier alpha value is -2.41. The Morgan fingerprint density at radius 2 is 2.32 bits per heavy atom. The van der Waals surface area contributed by atoms with E-state index in [2.05, 4.69) is 15.5 Å². The van der Waals surface area contributed by atoms with Crippen molar-refractivity contribution < 1.29 is 9.72 Å². The maximum absolute atomic E-state index is 11.9. The van der Waals surface area contributed by atoms with E-state index in [4.69, 9.17) is 11.6 Å². The number of rotatable bonds is 4. The van der Waals surface area contributed by atoms with E-state index in [1.165, 1.54) is 12.1 Å². The molecule has 0 saturated carbocycles. The van der Waals surface area contributed by atoms with E-state index >= 15 is 0 Å². The van der Waals surface area contributed by atoms with Crippen LogP contribution in [0.5, 0.6) is 0 Å². The van der Waals surface area contributed by atoms with E-state index in [1.807, 2.05) is 0 Å². The summed E-state index contributed by atoms with van der Waals surface area (Å²) < 4.78 is 0. The van der Waals surface area contributed by atoms with Crippen molar-refractivity contribution in [1.29, 1.82) is 0 Å². The molecule has 0 fully saturated rings. The first kappa shape index (κ1) is 13.0. The Morgan fingerprint density at radius 3 is 2.95 bits per heavy atom. The van der Waals surface area contributed by atoms with Crippen LogP contribution in [-0.4, -0.2) is 21.0 Å². The molecule has 0 aliphatic carbocycles. The molecule has 2 rings (SSSR count). The smallest absolute Gasteiger partial charge is 0.283 e. The van der Waals surface area contributed by atoms with Gasteiger partial charge in [0.2, 0.25) is 0 Å². The molecule has 0 unspecified atom stereocenters.